The van der Waals surface area contributed by atoms with E-state index in [4.69, 9.17) is 14.6 Å². The average molecular weight is 733 g/mol. The Balaban J connectivity index is 1.07. The van der Waals surface area contributed by atoms with Gasteiger partial charge in [-0.2, -0.15) is 0 Å². The molecule has 2 aliphatic carbocycles. The highest BCUT2D eigenvalue weighted by Crippen LogP contribution is 2.68. The lowest BCUT2D eigenvalue weighted by molar-refractivity contribution is -0.123. The van der Waals surface area contributed by atoms with Crippen LogP contribution in [0.4, 0.5) is 11.4 Å². The van der Waals surface area contributed by atoms with Crippen LogP contribution in [0.1, 0.15) is 29.7 Å². The van der Waals surface area contributed by atoms with Crippen LogP contribution >= 0.6 is 23.1 Å². The number of thiazole rings is 1. The van der Waals surface area contributed by atoms with Gasteiger partial charge in [-0.1, -0.05) is 35.6 Å². The Morgan fingerprint density at radius 3 is 2.38 bits per heavy atom. The third-order valence-electron chi connectivity index (χ3n) is 10.2. The number of para-hydroxylation sites is 1. The van der Waals surface area contributed by atoms with Crippen LogP contribution in [0, 0.1) is 29.6 Å². The van der Waals surface area contributed by atoms with Crippen LogP contribution in [0.3, 0.4) is 0 Å². The lowest BCUT2D eigenvalue weighted by atomic mass is 9.68. The predicted octanol–water partition coefficient (Wildman–Crippen LogP) is 4.18. The Hall–Kier alpha value is -4.44. The molecular weight excluding hydrogens is 701 g/mol. The monoisotopic (exact) mass is 732 g/mol. The van der Waals surface area contributed by atoms with Crippen molar-refractivity contribution >= 4 is 62.2 Å². The van der Waals surface area contributed by atoms with Gasteiger partial charge in [0.25, 0.3) is 5.91 Å². The number of carbonyl (C=O) groups excluding carboxylic acids is 3. The van der Waals surface area contributed by atoms with Gasteiger partial charge in [0.1, 0.15) is 0 Å². The number of amides is 3. The fourth-order valence-corrected chi connectivity index (χ4v) is 11.8. The SMILES string of the molecule is CCOc1cc([C@H]2c3sc(=O)[nH]c3SC3C2[C@H]2C[C@@H]3C3C(=O)N(c4ccccc4)C(=O)C32)ccc1OCC(=O)Nc1ccc(S(N)(=O)=O)cc1. The molecule has 15 heteroatoms. The van der Waals surface area contributed by atoms with E-state index in [1.165, 1.54) is 40.5 Å². The standard InChI is InChI=1S/C35H32N4O8S3/c1-2-46-24-14-17(8-13-23(24)47-16-25(40)37-18-9-11-20(12-10-18)50(36,44)45)26-27-21-15-22(30(27)48-32-31(26)49-35(43)38-32)29-28(21)33(41)39(34(29)42)19-6-4-3-5-7-19/h3-14,21-22,26-30H,2,15-16H2,1H3,(H,37,40)(H,38,43)(H2,36,44,45)/t21-,22-,26-,27?,28?,29?,30?/m1/s1. The van der Waals surface area contributed by atoms with E-state index >= 15 is 0 Å². The first-order valence-corrected chi connectivity index (χ1v) is 19.4. The number of sulfonamides is 1. The van der Waals surface area contributed by atoms with Crippen molar-refractivity contribution < 1.29 is 32.3 Å². The number of hydrogen-bond donors (Lipinski definition) is 3. The molecule has 4 N–H and O–H groups in total. The van der Waals surface area contributed by atoms with Gasteiger partial charge in [0, 0.05) is 21.7 Å². The fourth-order valence-electron chi connectivity index (χ4n) is 8.40. The predicted molar refractivity (Wildman–Crippen MR) is 187 cm³/mol. The minimum atomic E-state index is -3.86. The first-order valence-electron chi connectivity index (χ1n) is 16.2. The average Bonchev–Trinajstić information content (AvgIpc) is 3.83. The zero-order valence-electron chi connectivity index (χ0n) is 26.6. The molecule has 0 spiro atoms. The molecule has 3 aromatic carbocycles. The van der Waals surface area contributed by atoms with Crippen molar-refractivity contribution in [3.8, 4) is 11.5 Å². The van der Waals surface area contributed by atoms with E-state index in [1.54, 1.807) is 30.0 Å². The maximum absolute atomic E-state index is 14.0. The van der Waals surface area contributed by atoms with Gasteiger partial charge in [-0.05, 0) is 85.2 Å². The maximum atomic E-state index is 14.0. The molecule has 7 atom stereocenters. The Bertz CT molecular complexity index is 2190. The summed E-state index contributed by atoms with van der Waals surface area (Å²) >= 11 is 2.80. The van der Waals surface area contributed by atoms with Gasteiger partial charge >= 0.3 is 4.87 Å². The molecule has 1 aromatic heterocycles. The Labute approximate surface area is 295 Å². The number of nitrogens with zero attached hydrogens (tertiary/aromatic N) is 1. The number of thioether (sulfide) groups is 1. The molecule has 0 radical (unpaired) electrons. The number of aromatic amines is 1. The number of anilines is 2. The minimum absolute atomic E-state index is 0.00495. The number of hydrogen-bond acceptors (Lipinski definition) is 10. The van der Waals surface area contributed by atoms with E-state index in [0.717, 1.165) is 21.9 Å². The highest BCUT2D eigenvalue weighted by atomic mass is 32.2. The van der Waals surface area contributed by atoms with Crippen molar-refractivity contribution in [3.05, 3.63) is 92.9 Å². The number of nitrogens with one attached hydrogen (secondary N) is 2. The van der Waals surface area contributed by atoms with Gasteiger partial charge in [0.15, 0.2) is 18.1 Å². The van der Waals surface area contributed by atoms with E-state index in [2.05, 4.69) is 10.3 Å². The molecule has 50 heavy (non-hydrogen) atoms. The van der Waals surface area contributed by atoms with Crippen LogP contribution in [0.2, 0.25) is 0 Å². The summed E-state index contributed by atoms with van der Waals surface area (Å²) in [6, 6.07) is 20.1. The second-order valence-electron chi connectivity index (χ2n) is 12.9. The maximum Gasteiger partial charge on any atom is 0.305 e. The molecule has 1 saturated heterocycles. The number of ether oxygens (including phenoxy) is 2. The number of benzene rings is 3. The lowest BCUT2D eigenvalue weighted by Crippen LogP contribution is -2.42. The topological polar surface area (TPSA) is 178 Å². The molecule has 2 aliphatic heterocycles. The van der Waals surface area contributed by atoms with Crippen molar-refractivity contribution in [2.45, 2.75) is 34.4 Å². The first-order chi connectivity index (χ1) is 24.0. The molecule has 3 fully saturated rings. The molecule has 258 valence electrons. The number of nitrogens with two attached hydrogens (primary N) is 1. The third kappa shape index (κ3) is 5.43. The van der Waals surface area contributed by atoms with Gasteiger partial charge in [-0.15, -0.1) is 11.8 Å². The van der Waals surface area contributed by atoms with E-state index in [1.807, 2.05) is 37.3 Å². The zero-order valence-corrected chi connectivity index (χ0v) is 29.1. The first kappa shape index (κ1) is 32.7. The number of fused-ring (bicyclic) bond motifs is 9. The summed E-state index contributed by atoms with van der Waals surface area (Å²) < 4.78 is 34.9. The highest BCUT2D eigenvalue weighted by molar-refractivity contribution is 8.00. The Kier molecular flexibility index (Phi) is 8.12. The number of aromatic nitrogens is 1. The molecule has 4 unspecified atom stereocenters. The lowest BCUT2D eigenvalue weighted by Gasteiger charge is -2.43. The van der Waals surface area contributed by atoms with Crippen molar-refractivity contribution in [2.24, 2.45) is 34.7 Å². The van der Waals surface area contributed by atoms with Crippen LogP contribution < -0.4 is 29.7 Å². The smallest absolute Gasteiger partial charge is 0.305 e. The quantitative estimate of drug-likeness (QED) is 0.213. The molecule has 8 rings (SSSR count). The molecule has 4 aromatic rings. The van der Waals surface area contributed by atoms with E-state index in [0.29, 0.717) is 29.5 Å². The summed E-state index contributed by atoms with van der Waals surface area (Å²) in [6.45, 7) is 1.83. The van der Waals surface area contributed by atoms with E-state index in [-0.39, 0.29) is 63.0 Å². The Morgan fingerprint density at radius 1 is 0.960 bits per heavy atom. The largest absolute Gasteiger partial charge is 0.490 e. The van der Waals surface area contributed by atoms with Crippen LogP contribution in [0.5, 0.6) is 11.5 Å². The van der Waals surface area contributed by atoms with Gasteiger partial charge in [-0.25, -0.2) is 13.6 Å². The summed E-state index contributed by atoms with van der Waals surface area (Å²) in [6.07, 6.45) is 0.771. The molecule has 12 nitrogen and oxygen atoms in total. The van der Waals surface area contributed by atoms with Crippen LogP contribution in [-0.4, -0.2) is 49.6 Å². The number of carbonyl (C=O) groups is 3. The summed E-state index contributed by atoms with van der Waals surface area (Å²) in [5, 5.41) is 8.65. The van der Waals surface area contributed by atoms with Gasteiger partial charge in [0.05, 0.1) is 34.1 Å². The van der Waals surface area contributed by atoms with E-state index < -0.39 is 21.8 Å². The summed E-state index contributed by atoms with van der Waals surface area (Å²) in [5.41, 5.74) is 1.87. The molecule has 2 saturated carbocycles. The number of imide groups is 1. The molecule has 3 amide bonds. The Morgan fingerprint density at radius 2 is 1.68 bits per heavy atom. The molecular formula is C35H32N4O8S3. The molecule has 2 bridgehead atoms. The van der Waals surface area contributed by atoms with Crippen molar-refractivity contribution in [3.63, 3.8) is 0 Å². The zero-order chi connectivity index (χ0) is 34.9. The van der Waals surface area contributed by atoms with E-state index in [9.17, 15) is 27.6 Å². The highest BCUT2D eigenvalue weighted by Gasteiger charge is 2.69. The fraction of sp³-hybridized carbons (Fsp3) is 0.314. The van der Waals surface area contributed by atoms with Crippen LogP contribution in [0.25, 0.3) is 0 Å². The number of rotatable bonds is 9. The van der Waals surface area contributed by atoms with Gasteiger partial charge < -0.3 is 19.8 Å². The van der Waals surface area contributed by atoms with Gasteiger partial charge in [0.2, 0.25) is 21.8 Å². The summed E-state index contributed by atoms with van der Waals surface area (Å²) in [4.78, 5) is 58.3. The molecule has 4 aliphatic rings. The number of H-pyrrole nitrogens is 1. The normalized spacial score (nSPS) is 26.4. The van der Waals surface area contributed by atoms with Crippen molar-refractivity contribution in [1.29, 1.82) is 0 Å². The second kappa shape index (κ2) is 12.4. The summed E-state index contributed by atoms with van der Waals surface area (Å²) in [7, 11) is -3.86. The second-order valence-corrected chi connectivity index (χ2v) is 16.6. The van der Waals surface area contributed by atoms with Crippen molar-refractivity contribution in [1.82, 2.24) is 4.98 Å². The summed E-state index contributed by atoms with van der Waals surface area (Å²) in [5.74, 6) is -1.04. The van der Waals surface area contributed by atoms with Gasteiger partial charge in [-0.3, -0.25) is 24.1 Å². The van der Waals surface area contributed by atoms with Crippen molar-refractivity contribution in [2.75, 3.05) is 23.4 Å². The molecule has 3 heterocycles. The number of primary sulfonamides is 1. The third-order valence-corrected chi connectivity index (χ3v) is 13.7. The minimum Gasteiger partial charge on any atom is -0.490 e. The van der Waals surface area contributed by atoms with Crippen LogP contribution in [-0.2, 0) is 24.4 Å². The van der Waals surface area contributed by atoms with Crippen LogP contribution in [0.15, 0.2) is 87.5 Å².